The summed E-state index contributed by atoms with van der Waals surface area (Å²) in [5, 5.41) is 7.27. The van der Waals surface area contributed by atoms with E-state index >= 15 is 0 Å². The summed E-state index contributed by atoms with van der Waals surface area (Å²) in [6.07, 6.45) is 7.00. The minimum absolute atomic E-state index is 0.726. The van der Waals surface area contributed by atoms with Crippen LogP contribution in [0.3, 0.4) is 0 Å². The van der Waals surface area contributed by atoms with Crippen molar-refractivity contribution < 1.29 is 0 Å². The fourth-order valence-corrected chi connectivity index (χ4v) is 2.86. The molecule has 2 fully saturated rings. The lowest BCUT2D eigenvalue weighted by Gasteiger charge is -2.38. The van der Waals surface area contributed by atoms with E-state index in [1.165, 1.54) is 45.2 Å². The molecule has 0 radical (unpaired) electrons. The highest BCUT2D eigenvalue weighted by atomic mass is 15.0. The predicted molar refractivity (Wildman–Crippen MR) is 55.8 cm³/mol. The molecule has 0 aromatic carbocycles. The van der Waals surface area contributed by atoms with E-state index in [4.69, 9.17) is 0 Å². The van der Waals surface area contributed by atoms with Gasteiger partial charge >= 0.3 is 0 Å². The van der Waals surface area contributed by atoms with Crippen LogP contribution >= 0.6 is 0 Å². The van der Waals surface area contributed by atoms with Crippen LogP contribution in [0.15, 0.2) is 0 Å². The lowest BCUT2D eigenvalue weighted by atomic mass is 9.82. The molecule has 0 aromatic rings. The summed E-state index contributed by atoms with van der Waals surface area (Å²) in [7, 11) is 0. The van der Waals surface area contributed by atoms with Crippen LogP contribution in [0.2, 0.25) is 0 Å². The molecule has 2 saturated heterocycles. The van der Waals surface area contributed by atoms with Crippen LogP contribution in [0.4, 0.5) is 0 Å². The third-order valence-electron chi connectivity index (χ3n) is 3.69. The van der Waals surface area contributed by atoms with Crippen LogP contribution in [-0.4, -0.2) is 25.2 Å². The summed E-state index contributed by atoms with van der Waals surface area (Å²) in [5.41, 5.74) is 0. The number of rotatable bonds is 1. The molecule has 2 aliphatic heterocycles. The molecule has 2 rings (SSSR count). The molecule has 0 bridgehead atoms. The Hall–Kier alpha value is -0.0800. The molecule has 3 unspecified atom stereocenters. The highest BCUT2D eigenvalue weighted by Crippen LogP contribution is 2.24. The van der Waals surface area contributed by atoms with Crippen LogP contribution < -0.4 is 10.6 Å². The number of hydrogen-bond donors (Lipinski definition) is 2. The van der Waals surface area contributed by atoms with Crippen molar-refractivity contribution in [2.75, 3.05) is 13.1 Å². The second-order valence-corrected chi connectivity index (χ2v) is 4.61. The van der Waals surface area contributed by atoms with Crippen LogP contribution in [0.25, 0.3) is 0 Å². The first-order valence-corrected chi connectivity index (χ1v) is 5.84. The fraction of sp³-hybridized carbons (Fsp3) is 1.00. The Labute approximate surface area is 81.5 Å². The van der Waals surface area contributed by atoms with Crippen molar-refractivity contribution in [3.63, 3.8) is 0 Å². The van der Waals surface area contributed by atoms with Gasteiger partial charge < -0.3 is 10.6 Å². The van der Waals surface area contributed by atoms with Gasteiger partial charge in [0.15, 0.2) is 0 Å². The lowest BCUT2D eigenvalue weighted by Crippen LogP contribution is -2.50. The van der Waals surface area contributed by atoms with E-state index in [0.717, 1.165) is 18.0 Å². The Morgan fingerprint density at radius 3 is 2.46 bits per heavy atom. The number of nitrogens with one attached hydrogen (secondary N) is 2. The maximum atomic E-state index is 3.68. The van der Waals surface area contributed by atoms with E-state index in [1.807, 2.05) is 0 Å². The zero-order chi connectivity index (χ0) is 9.10. The molecular weight excluding hydrogens is 160 g/mol. The minimum Gasteiger partial charge on any atom is -0.314 e. The molecule has 2 heterocycles. The van der Waals surface area contributed by atoms with Crippen LogP contribution in [0, 0.1) is 5.92 Å². The smallest absolute Gasteiger partial charge is 0.0110 e. The molecular formula is C11H22N2. The van der Waals surface area contributed by atoms with Crippen molar-refractivity contribution in [1.29, 1.82) is 0 Å². The summed E-state index contributed by atoms with van der Waals surface area (Å²) in [4.78, 5) is 0. The van der Waals surface area contributed by atoms with E-state index in [-0.39, 0.29) is 0 Å². The summed E-state index contributed by atoms with van der Waals surface area (Å²) in [6, 6.07) is 1.53. The Balaban J connectivity index is 1.88. The van der Waals surface area contributed by atoms with E-state index in [0.29, 0.717) is 0 Å². The van der Waals surface area contributed by atoms with Gasteiger partial charge in [-0.15, -0.1) is 0 Å². The van der Waals surface area contributed by atoms with Crippen molar-refractivity contribution in [3.05, 3.63) is 0 Å². The zero-order valence-electron chi connectivity index (χ0n) is 8.68. The van der Waals surface area contributed by atoms with Crippen molar-refractivity contribution >= 4 is 0 Å². The monoisotopic (exact) mass is 182 g/mol. The molecule has 2 nitrogen and oxygen atoms in total. The molecule has 0 aliphatic carbocycles. The van der Waals surface area contributed by atoms with E-state index in [2.05, 4.69) is 17.6 Å². The SMILES string of the molecule is CC1NCCCC1C1CCCCN1. The first kappa shape index (κ1) is 9.47. The lowest BCUT2D eigenvalue weighted by molar-refractivity contribution is 0.201. The van der Waals surface area contributed by atoms with Crippen molar-refractivity contribution in [3.8, 4) is 0 Å². The van der Waals surface area contributed by atoms with Crippen LogP contribution in [-0.2, 0) is 0 Å². The maximum Gasteiger partial charge on any atom is 0.0110 e. The molecule has 2 heteroatoms. The molecule has 0 saturated carbocycles. The molecule has 0 aromatic heterocycles. The summed E-state index contributed by atoms with van der Waals surface area (Å²) >= 11 is 0. The number of hydrogen-bond acceptors (Lipinski definition) is 2. The van der Waals surface area contributed by atoms with Gasteiger partial charge in [-0.1, -0.05) is 6.42 Å². The average Bonchev–Trinajstić information content (AvgIpc) is 2.20. The quantitative estimate of drug-likeness (QED) is 0.642. The van der Waals surface area contributed by atoms with Crippen molar-refractivity contribution in [2.24, 2.45) is 5.92 Å². The van der Waals surface area contributed by atoms with Gasteiger partial charge in [-0.3, -0.25) is 0 Å². The Kier molecular flexibility index (Phi) is 3.23. The molecule has 2 N–H and O–H groups in total. The van der Waals surface area contributed by atoms with Crippen molar-refractivity contribution in [1.82, 2.24) is 10.6 Å². The minimum atomic E-state index is 0.726. The largest absolute Gasteiger partial charge is 0.314 e. The second kappa shape index (κ2) is 4.43. The van der Waals surface area contributed by atoms with Gasteiger partial charge in [-0.05, 0) is 51.6 Å². The second-order valence-electron chi connectivity index (χ2n) is 4.61. The van der Waals surface area contributed by atoms with E-state index < -0.39 is 0 Å². The van der Waals surface area contributed by atoms with Gasteiger partial charge in [0.1, 0.15) is 0 Å². The van der Waals surface area contributed by atoms with Gasteiger partial charge in [0.05, 0.1) is 0 Å². The zero-order valence-corrected chi connectivity index (χ0v) is 8.68. The fourth-order valence-electron chi connectivity index (χ4n) is 2.86. The first-order chi connectivity index (χ1) is 6.38. The van der Waals surface area contributed by atoms with Gasteiger partial charge in [0.2, 0.25) is 0 Å². The molecule has 0 spiro atoms. The third-order valence-corrected chi connectivity index (χ3v) is 3.69. The molecule has 13 heavy (non-hydrogen) atoms. The Morgan fingerprint density at radius 2 is 1.77 bits per heavy atom. The van der Waals surface area contributed by atoms with Crippen molar-refractivity contribution in [2.45, 2.75) is 51.1 Å². The van der Waals surface area contributed by atoms with Gasteiger partial charge in [0, 0.05) is 12.1 Å². The highest BCUT2D eigenvalue weighted by Gasteiger charge is 2.29. The summed E-state index contributed by atoms with van der Waals surface area (Å²) in [5.74, 6) is 0.883. The summed E-state index contributed by atoms with van der Waals surface area (Å²) < 4.78 is 0. The van der Waals surface area contributed by atoms with Gasteiger partial charge in [-0.25, -0.2) is 0 Å². The van der Waals surface area contributed by atoms with E-state index in [9.17, 15) is 0 Å². The Bertz CT molecular complexity index is 152. The molecule has 0 amide bonds. The van der Waals surface area contributed by atoms with Crippen LogP contribution in [0.1, 0.15) is 39.0 Å². The van der Waals surface area contributed by atoms with Gasteiger partial charge in [-0.2, -0.15) is 0 Å². The highest BCUT2D eigenvalue weighted by molar-refractivity contribution is 4.88. The Morgan fingerprint density at radius 1 is 0.923 bits per heavy atom. The molecule has 3 atom stereocenters. The molecule has 76 valence electrons. The summed E-state index contributed by atoms with van der Waals surface area (Å²) in [6.45, 7) is 4.82. The third kappa shape index (κ3) is 2.23. The molecule has 2 aliphatic rings. The average molecular weight is 182 g/mol. The standard InChI is InChI=1S/C11H22N2/c1-9-10(5-4-8-12-9)11-6-2-3-7-13-11/h9-13H,2-8H2,1H3. The topological polar surface area (TPSA) is 24.1 Å². The normalized spacial score (nSPS) is 41.8. The maximum absolute atomic E-state index is 3.68. The predicted octanol–water partition coefficient (Wildman–Crippen LogP) is 1.52. The number of piperidine rings is 2. The first-order valence-electron chi connectivity index (χ1n) is 5.84. The van der Waals surface area contributed by atoms with Crippen LogP contribution in [0.5, 0.6) is 0 Å². The van der Waals surface area contributed by atoms with E-state index in [1.54, 1.807) is 0 Å². The van der Waals surface area contributed by atoms with Gasteiger partial charge in [0.25, 0.3) is 0 Å².